The van der Waals surface area contributed by atoms with E-state index in [0.717, 1.165) is 30.8 Å². The molecule has 0 aliphatic carbocycles. The number of likely N-dealkylation sites (tertiary alicyclic amines) is 1. The second-order valence-electron chi connectivity index (χ2n) is 9.67. The maximum absolute atomic E-state index is 13.4. The average Bonchev–Trinajstić information content (AvgIpc) is 3.24. The van der Waals surface area contributed by atoms with Crippen LogP contribution in [0.1, 0.15) is 49.9 Å². The Kier molecular flexibility index (Phi) is 9.97. The van der Waals surface area contributed by atoms with Crippen molar-refractivity contribution in [1.82, 2.24) is 9.80 Å². The second kappa shape index (κ2) is 13.8. The van der Waals surface area contributed by atoms with Crippen LogP contribution >= 0.6 is 0 Å². The highest BCUT2D eigenvalue weighted by Crippen LogP contribution is 2.40. The molecular formula is C33H38N2O5. The third-order valence-electron chi connectivity index (χ3n) is 7.19. The van der Waals surface area contributed by atoms with E-state index in [2.05, 4.69) is 18.7 Å². The third-order valence-corrected chi connectivity index (χ3v) is 7.19. The standard InChI is InChI=1S/C33H38N2O5/c1-4-34(5-2)21-10-22-35-30(25-13-17-28(18-14-25)40-23-24-11-8-7-9-12-24)29(32(37)33(35)38)31(36)26-15-19-27(20-16-26)39-6-3/h7-9,11-20,30,36H,4-6,10,21-23H2,1-3H3/t30-/m1/s1. The summed E-state index contributed by atoms with van der Waals surface area (Å²) in [5.74, 6) is -0.122. The van der Waals surface area contributed by atoms with Crippen LogP contribution in [0, 0.1) is 0 Å². The topological polar surface area (TPSA) is 79.3 Å². The zero-order valence-corrected chi connectivity index (χ0v) is 23.5. The molecule has 7 heteroatoms. The molecule has 4 rings (SSSR count). The lowest BCUT2D eigenvalue weighted by molar-refractivity contribution is -0.140. The van der Waals surface area contributed by atoms with Gasteiger partial charge in [-0.05, 0) is 80.5 Å². The van der Waals surface area contributed by atoms with Crippen LogP contribution in [0.5, 0.6) is 11.5 Å². The largest absolute Gasteiger partial charge is 0.507 e. The Labute approximate surface area is 236 Å². The number of amides is 1. The van der Waals surface area contributed by atoms with Gasteiger partial charge in [0.05, 0.1) is 18.2 Å². The maximum atomic E-state index is 13.4. The minimum Gasteiger partial charge on any atom is -0.507 e. The molecule has 1 N–H and O–H groups in total. The van der Waals surface area contributed by atoms with Gasteiger partial charge in [-0.15, -0.1) is 0 Å². The Hall–Kier alpha value is -4.10. The predicted molar refractivity (Wildman–Crippen MR) is 156 cm³/mol. The molecule has 0 unspecified atom stereocenters. The zero-order valence-electron chi connectivity index (χ0n) is 23.5. The van der Waals surface area contributed by atoms with Gasteiger partial charge in [-0.2, -0.15) is 0 Å². The van der Waals surface area contributed by atoms with Crippen LogP contribution in [-0.2, 0) is 16.2 Å². The van der Waals surface area contributed by atoms with Gasteiger partial charge in [0.25, 0.3) is 11.7 Å². The number of aliphatic hydroxyl groups excluding tert-OH is 1. The quantitative estimate of drug-likeness (QED) is 0.167. The van der Waals surface area contributed by atoms with Crippen LogP contribution < -0.4 is 9.47 Å². The fourth-order valence-corrected chi connectivity index (χ4v) is 4.98. The summed E-state index contributed by atoms with van der Waals surface area (Å²) in [5.41, 5.74) is 2.34. The fraction of sp³-hybridized carbons (Fsp3) is 0.333. The van der Waals surface area contributed by atoms with E-state index in [9.17, 15) is 14.7 Å². The molecule has 0 bridgehead atoms. The zero-order chi connectivity index (χ0) is 28.5. The van der Waals surface area contributed by atoms with E-state index < -0.39 is 17.7 Å². The van der Waals surface area contributed by atoms with Crippen molar-refractivity contribution in [2.75, 3.05) is 32.8 Å². The van der Waals surface area contributed by atoms with Crippen molar-refractivity contribution in [2.45, 2.75) is 39.8 Å². The Morgan fingerprint density at radius 3 is 2.10 bits per heavy atom. The lowest BCUT2D eigenvalue weighted by atomic mass is 9.95. The predicted octanol–water partition coefficient (Wildman–Crippen LogP) is 5.82. The van der Waals surface area contributed by atoms with Crippen molar-refractivity contribution in [3.05, 3.63) is 101 Å². The van der Waals surface area contributed by atoms with Crippen molar-refractivity contribution in [3.8, 4) is 11.5 Å². The first-order valence-corrected chi connectivity index (χ1v) is 14.0. The van der Waals surface area contributed by atoms with Crippen molar-refractivity contribution < 1.29 is 24.2 Å². The molecule has 1 amide bonds. The molecule has 1 aliphatic heterocycles. The molecule has 40 heavy (non-hydrogen) atoms. The van der Waals surface area contributed by atoms with E-state index in [1.165, 1.54) is 0 Å². The van der Waals surface area contributed by atoms with E-state index >= 15 is 0 Å². The number of benzene rings is 3. The summed E-state index contributed by atoms with van der Waals surface area (Å²) in [7, 11) is 0. The van der Waals surface area contributed by atoms with Gasteiger partial charge in [-0.3, -0.25) is 9.59 Å². The first-order valence-electron chi connectivity index (χ1n) is 14.0. The number of aliphatic hydroxyl groups is 1. The maximum Gasteiger partial charge on any atom is 0.295 e. The van der Waals surface area contributed by atoms with Crippen LogP contribution in [0.25, 0.3) is 5.76 Å². The number of carbonyl (C=O) groups is 2. The Balaban J connectivity index is 1.64. The molecule has 0 aromatic heterocycles. The molecular weight excluding hydrogens is 504 g/mol. The van der Waals surface area contributed by atoms with E-state index in [1.807, 2.05) is 61.5 Å². The van der Waals surface area contributed by atoms with Crippen molar-refractivity contribution in [3.63, 3.8) is 0 Å². The Bertz CT molecular complexity index is 1300. The summed E-state index contributed by atoms with van der Waals surface area (Å²) in [6.07, 6.45) is 0.715. The van der Waals surface area contributed by atoms with E-state index in [0.29, 0.717) is 43.2 Å². The monoisotopic (exact) mass is 542 g/mol. The number of hydrogen-bond donors (Lipinski definition) is 1. The number of nitrogens with zero attached hydrogens (tertiary/aromatic N) is 2. The van der Waals surface area contributed by atoms with Crippen molar-refractivity contribution >= 4 is 17.4 Å². The number of ketones is 1. The first kappa shape index (κ1) is 28.9. The molecule has 1 saturated heterocycles. The lowest BCUT2D eigenvalue weighted by Gasteiger charge is -2.27. The fourth-order valence-electron chi connectivity index (χ4n) is 4.98. The number of carbonyl (C=O) groups excluding carboxylic acids is 2. The van der Waals surface area contributed by atoms with Crippen LogP contribution in [0.4, 0.5) is 0 Å². The third kappa shape index (κ3) is 6.72. The molecule has 3 aromatic carbocycles. The van der Waals surface area contributed by atoms with Gasteiger partial charge in [0.15, 0.2) is 0 Å². The molecule has 7 nitrogen and oxygen atoms in total. The highest BCUT2D eigenvalue weighted by atomic mass is 16.5. The summed E-state index contributed by atoms with van der Waals surface area (Å²) in [6, 6.07) is 23.5. The van der Waals surface area contributed by atoms with Crippen LogP contribution in [-0.4, -0.2) is 59.4 Å². The second-order valence-corrected chi connectivity index (χ2v) is 9.67. The van der Waals surface area contributed by atoms with Gasteiger partial charge in [0.1, 0.15) is 23.9 Å². The molecule has 0 spiro atoms. The highest BCUT2D eigenvalue weighted by Gasteiger charge is 2.45. The molecule has 1 fully saturated rings. The number of hydrogen-bond acceptors (Lipinski definition) is 6. The van der Waals surface area contributed by atoms with Gasteiger partial charge in [0, 0.05) is 12.1 Å². The minimum atomic E-state index is -0.702. The number of Topliss-reactive ketones (excluding diaryl/α,β-unsaturated/α-hetero) is 1. The van der Waals surface area contributed by atoms with Crippen LogP contribution in [0.3, 0.4) is 0 Å². The van der Waals surface area contributed by atoms with E-state index in [4.69, 9.17) is 9.47 Å². The van der Waals surface area contributed by atoms with Gasteiger partial charge >= 0.3 is 0 Å². The molecule has 1 heterocycles. The number of ether oxygens (including phenoxy) is 2. The molecule has 1 aliphatic rings. The van der Waals surface area contributed by atoms with Gasteiger partial charge in [-0.1, -0.05) is 56.3 Å². The minimum absolute atomic E-state index is 0.0925. The molecule has 0 radical (unpaired) electrons. The van der Waals surface area contributed by atoms with Crippen LogP contribution in [0.15, 0.2) is 84.4 Å². The Morgan fingerprint density at radius 2 is 1.48 bits per heavy atom. The first-order chi connectivity index (χ1) is 19.5. The molecule has 1 atom stereocenters. The van der Waals surface area contributed by atoms with Crippen molar-refractivity contribution in [2.24, 2.45) is 0 Å². The Morgan fingerprint density at radius 1 is 0.850 bits per heavy atom. The SMILES string of the molecule is CCOc1ccc(C(O)=C2C(=O)C(=O)N(CCCN(CC)CC)[C@@H]2c2ccc(OCc3ccccc3)cc2)cc1. The van der Waals surface area contributed by atoms with E-state index in [-0.39, 0.29) is 11.3 Å². The van der Waals surface area contributed by atoms with Crippen LogP contribution in [0.2, 0.25) is 0 Å². The number of rotatable bonds is 13. The summed E-state index contributed by atoms with van der Waals surface area (Å²) in [6.45, 7) is 10.1. The van der Waals surface area contributed by atoms with Gasteiger partial charge < -0.3 is 24.4 Å². The van der Waals surface area contributed by atoms with Gasteiger partial charge in [0.2, 0.25) is 0 Å². The average molecular weight is 543 g/mol. The molecule has 0 saturated carbocycles. The summed E-state index contributed by atoms with van der Waals surface area (Å²) in [5, 5.41) is 11.3. The molecule has 3 aromatic rings. The smallest absolute Gasteiger partial charge is 0.295 e. The van der Waals surface area contributed by atoms with E-state index in [1.54, 1.807) is 29.2 Å². The summed E-state index contributed by atoms with van der Waals surface area (Å²) < 4.78 is 11.5. The normalized spacial score (nSPS) is 16.5. The highest BCUT2D eigenvalue weighted by molar-refractivity contribution is 6.46. The molecule has 210 valence electrons. The summed E-state index contributed by atoms with van der Waals surface area (Å²) in [4.78, 5) is 30.5. The van der Waals surface area contributed by atoms with Gasteiger partial charge in [-0.25, -0.2) is 0 Å². The lowest BCUT2D eigenvalue weighted by Crippen LogP contribution is -2.33. The van der Waals surface area contributed by atoms with Crippen molar-refractivity contribution in [1.29, 1.82) is 0 Å². The summed E-state index contributed by atoms with van der Waals surface area (Å²) >= 11 is 0.